The fraction of sp³-hybridized carbons (Fsp3) is 0.406. The summed E-state index contributed by atoms with van der Waals surface area (Å²) in [5.41, 5.74) is 16.1. The minimum atomic E-state index is -0.361. The van der Waals surface area contributed by atoms with Crippen molar-refractivity contribution in [3.8, 4) is 0 Å². The third-order valence-corrected chi connectivity index (χ3v) is 7.52. The van der Waals surface area contributed by atoms with Crippen molar-refractivity contribution in [3.63, 3.8) is 0 Å². The molecule has 0 bridgehead atoms. The molecular formula is C32H44N4O2. The molecule has 3 aromatic rings. The third-order valence-electron chi connectivity index (χ3n) is 7.52. The number of hydrogen-bond acceptors (Lipinski definition) is 6. The lowest BCUT2D eigenvalue weighted by Crippen LogP contribution is -2.29. The van der Waals surface area contributed by atoms with E-state index in [1.165, 1.54) is 22.4 Å². The Labute approximate surface area is 228 Å². The molecule has 6 heteroatoms. The van der Waals surface area contributed by atoms with Gasteiger partial charge in [-0.3, -0.25) is 4.79 Å². The van der Waals surface area contributed by atoms with E-state index in [9.17, 15) is 4.79 Å². The normalized spacial score (nSPS) is 12.6. The second-order valence-electron chi connectivity index (χ2n) is 10.1. The maximum absolute atomic E-state index is 12.9. The molecule has 204 valence electrons. The van der Waals surface area contributed by atoms with Gasteiger partial charge < -0.3 is 26.0 Å². The first-order valence-corrected chi connectivity index (χ1v) is 13.5. The molecule has 0 aliphatic rings. The first-order valence-electron chi connectivity index (χ1n) is 13.5. The van der Waals surface area contributed by atoms with Gasteiger partial charge >= 0.3 is 5.97 Å². The minimum absolute atomic E-state index is 0.172. The molecule has 38 heavy (non-hydrogen) atoms. The first-order chi connectivity index (χ1) is 18.2. The minimum Gasteiger partial charge on any atom is -0.466 e. The Hall–Kier alpha value is -3.51. The third kappa shape index (κ3) is 6.67. The number of ether oxygens (including phenoxy) is 1. The summed E-state index contributed by atoms with van der Waals surface area (Å²) in [6, 6.07) is 19.0. The Balaban J connectivity index is 1.84. The van der Waals surface area contributed by atoms with Gasteiger partial charge in [0, 0.05) is 45.3 Å². The number of likely N-dealkylation sites (N-methyl/N-ethyl adjacent to an activating group) is 1. The number of para-hydroxylation sites is 1. The number of carbonyl (C=O) groups is 1. The van der Waals surface area contributed by atoms with E-state index in [-0.39, 0.29) is 17.8 Å². The Morgan fingerprint density at radius 2 is 1.79 bits per heavy atom. The second-order valence-corrected chi connectivity index (χ2v) is 10.1. The van der Waals surface area contributed by atoms with Crippen LogP contribution in [0.25, 0.3) is 0 Å². The summed E-state index contributed by atoms with van der Waals surface area (Å²) in [7, 11) is 3.99. The van der Waals surface area contributed by atoms with Crippen LogP contribution in [0.15, 0.2) is 54.6 Å². The summed E-state index contributed by atoms with van der Waals surface area (Å²) >= 11 is 0. The Morgan fingerprint density at radius 3 is 2.47 bits per heavy atom. The van der Waals surface area contributed by atoms with Crippen LogP contribution in [0.3, 0.4) is 0 Å². The highest BCUT2D eigenvalue weighted by Gasteiger charge is 2.30. The number of esters is 1. The lowest BCUT2D eigenvalue weighted by atomic mass is 9.78. The lowest BCUT2D eigenvalue weighted by Gasteiger charge is -2.27. The molecule has 2 atom stereocenters. The van der Waals surface area contributed by atoms with E-state index in [4.69, 9.17) is 10.5 Å². The fourth-order valence-corrected chi connectivity index (χ4v) is 5.10. The van der Waals surface area contributed by atoms with Crippen molar-refractivity contribution < 1.29 is 9.53 Å². The quantitative estimate of drug-likeness (QED) is 0.161. The number of benzene rings is 3. The molecule has 0 aromatic heterocycles. The zero-order chi connectivity index (χ0) is 27.8. The zero-order valence-corrected chi connectivity index (χ0v) is 24.0. The van der Waals surface area contributed by atoms with E-state index in [0.29, 0.717) is 12.3 Å². The molecule has 0 spiro atoms. The number of nitrogens with zero attached hydrogens (tertiary/aromatic N) is 1. The molecular weight excluding hydrogens is 472 g/mol. The van der Waals surface area contributed by atoms with E-state index in [2.05, 4.69) is 85.0 Å². The van der Waals surface area contributed by atoms with Gasteiger partial charge in [0.15, 0.2) is 0 Å². The summed E-state index contributed by atoms with van der Waals surface area (Å²) in [5, 5.41) is 6.77. The Morgan fingerprint density at radius 1 is 1.05 bits per heavy atom. The maximum atomic E-state index is 12.9. The van der Waals surface area contributed by atoms with E-state index in [0.717, 1.165) is 42.0 Å². The van der Waals surface area contributed by atoms with E-state index >= 15 is 0 Å². The van der Waals surface area contributed by atoms with Crippen LogP contribution < -0.4 is 21.3 Å². The summed E-state index contributed by atoms with van der Waals surface area (Å²) in [5.74, 6) is -0.735. The lowest BCUT2D eigenvalue weighted by molar-refractivity contribution is -0.147. The van der Waals surface area contributed by atoms with Crippen molar-refractivity contribution in [2.24, 2.45) is 5.92 Å². The summed E-state index contributed by atoms with van der Waals surface area (Å²) in [6.07, 6.45) is 0. The van der Waals surface area contributed by atoms with Gasteiger partial charge in [0.2, 0.25) is 0 Å². The van der Waals surface area contributed by atoms with Crippen molar-refractivity contribution in [2.75, 3.05) is 49.7 Å². The Kier molecular flexibility index (Phi) is 10.2. The van der Waals surface area contributed by atoms with Gasteiger partial charge in [0.25, 0.3) is 0 Å². The molecule has 6 nitrogen and oxygen atoms in total. The highest BCUT2D eigenvalue weighted by Crippen LogP contribution is 2.39. The van der Waals surface area contributed by atoms with Crippen LogP contribution in [0.1, 0.15) is 53.1 Å². The SMILES string of the molecule is CCOC(=O)C(C)C(c1ccc(C)c(CNCCN(C)c2ccccc2C)c1)c1ccc(NC)c(N)c1C. The van der Waals surface area contributed by atoms with Gasteiger partial charge in [-0.1, -0.05) is 49.4 Å². The van der Waals surface area contributed by atoms with Crippen LogP contribution in [0.5, 0.6) is 0 Å². The van der Waals surface area contributed by atoms with Crippen LogP contribution in [-0.2, 0) is 16.1 Å². The Bertz CT molecular complexity index is 1240. The van der Waals surface area contributed by atoms with E-state index < -0.39 is 0 Å². The number of anilines is 3. The average molecular weight is 517 g/mol. The molecule has 0 aliphatic carbocycles. The number of nitrogens with two attached hydrogens (primary N) is 1. The molecule has 3 rings (SSSR count). The van der Waals surface area contributed by atoms with Gasteiger partial charge in [-0.05, 0) is 73.2 Å². The van der Waals surface area contributed by atoms with Crippen molar-refractivity contribution in [1.82, 2.24) is 5.32 Å². The smallest absolute Gasteiger partial charge is 0.309 e. The summed E-state index contributed by atoms with van der Waals surface area (Å²) in [4.78, 5) is 15.2. The number of nitrogens with one attached hydrogen (secondary N) is 2. The zero-order valence-electron chi connectivity index (χ0n) is 24.0. The molecule has 2 unspecified atom stereocenters. The molecule has 0 fully saturated rings. The van der Waals surface area contributed by atoms with Crippen molar-refractivity contribution in [2.45, 2.75) is 47.1 Å². The number of rotatable bonds is 12. The second kappa shape index (κ2) is 13.3. The largest absolute Gasteiger partial charge is 0.466 e. The van der Waals surface area contributed by atoms with E-state index in [1.54, 1.807) is 0 Å². The molecule has 0 aliphatic heterocycles. The monoisotopic (exact) mass is 516 g/mol. The van der Waals surface area contributed by atoms with Gasteiger partial charge in [0.05, 0.1) is 23.9 Å². The number of nitrogen functional groups attached to an aromatic ring is 1. The van der Waals surface area contributed by atoms with Gasteiger partial charge in [-0.25, -0.2) is 0 Å². The first kappa shape index (κ1) is 29.1. The molecule has 0 amide bonds. The molecule has 0 saturated heterocycles. The predicted octanol–water partition coefficient (Wildman–Crippen LogP) is 5.79. The molecule has 3 aromatic carbocycles. The molecule has 0 radical (unpaired) electrons. The molecule has 0 saturated carbocycles. The fourth-order valence-electron chi connectivity index (χ4n) is 5.10. The van der Waals surface area contributed by atoms with Crippen molar-refractivity contribution in [1.29, 1.82) is 0 Å². The average Bonchev–Trinajstić information content (AvgIpc) is 2.90. The van der Waals surface area contributed by atoms with Gasteiger partial charge in [0.1, 0.15) is 0 Å². The highest BCUT2D eigenvalue weighted by atomic mass is 16.5. The summed E-state index contributed by atoms with van der Waals surface area (Å²) in [6.45, 7) is 13.0. The van der Waals surface area contributed by atoms with Crippen LogP contribution in [0.4, 0.5) is 17.1 Å². The van der Waals surface area contributed by atoms with Crippen LogP contribution in [0.2, 0.25) is 0 Å². The number of hydrogen-bond donors (Lipinski definition) is 3. The van der Waals surface area contributed by atoms with Crippen LogP contribution in [0, 0.1) is 26.7 Å². The molecule has 0 heterocycles. The van der Waals surface area contributed by atoms with Gasteiger partial charge in [-0.15, -0.1) is 0 Å². The van der Waals surface area contributed by atoms with Gasteiger partial charge in [-0.2, -0.15) is 0 Å². The predicted molar refractivity (Wildman–Crippen MR) is 160 cm³/mol. The van der Waals surface area contributed by atoms with Crippen LogP contribution >= 0.6 is 0 Å². The number of aryl methyl sites for hydroxylation is 2. The topological polar surface area (TPSA) is 79.6 Å². The standard InChI is InChI=1S/C32H44N4O2/c1-8-38-32(37)24(5)30(27-15-16-28(34-6)31(33)23(27)4)25-14-13-21(2)26(19-25)20-35-17-18-36(7)29-12-10-9-11-22(29)3/h9-16,19,24,30,34-35H,8,17-18,20,33H2,1-7H3. The van der Waals surface area contributed by atoms with E-state index in [1.807, 2.05) is 33.9 Å². The van der Waals surface area contributed by atoms with Crippen molar-refractivity contribution in [3.05, 3.63) is 88.0 Å². The van der Waals surface area contributed by atoms with Crippen LogP contribution in [-0.4, -0.2) is 39.8 Å². The summed E-state index contributed by atoms with van der Waals surface area (Å²) < 4.78 is 5.44. The highest BCUT2D eigenvalue weighted by molar-refractivity contribution is 5.76. The maximum Gasteiger partial charge on any atom is 0.309 e. The van der Waals surface area contributed by atoms with Crippen molar-refractivity contribution >= 4 is 23.0 Å². The molecule has 4 N–H and O–H groups in total. The number of carbonyl (C=O) groups excluding carboxylic acids is 1.